The Bertz CT molecular complexity index is 620. The first-order chi connectivity index (χ1) is 10.6. The van der Waals surface area contributed by atoms with E-state index in [1.807, 2.05) is 24.3 Å². The zero-order valence-corrected chi connectivity index (χ0v) is 11.7. The monoisotopic (exact) mass is 311 g/mol. The number of aliphatic hydroxyl groups excluding tert-OH is 1. The molecule has 0 fully saturated rings. The van der Waals surface area contributed by atoms with Crippen LogP contribution >= 0.6 is 0 Å². The molecular formula is C16H16F3NO2. The summed E-state index contributed by atoms with van der Waals surface area (Å²) in [7, 11) is 0. The fourth-order valence-corrected chi connectivity index (χ4v) is 2.07. The van der Waals surface area contributed by atoms with Crippen molar-refractivity contribution in [2.45, 2.75) is 26.3 Å². The lowest BCUT2D eigenvalue weighted by molar-refractivity contribution is -0.0522. The zero-order chi connectivity index (χ0) is 15.9. The zero-order valence-electron chi connectivity index (χ0n) is 11.7. The number of aliphatic hydroxyl groups is 1. The van der Waals surface area contributed by atoms with Crippen LogP contribution in [0.15, 0.2) is 42.5 Å². The lowest BCUT2D eigenvalue weighted by Crippen LogP contribution is -2.14. The van der Waals surface area contributed by atoms with Crippen LogP contribution in [0.5, 0.6) is 5.75 Å². The van der Waals surface area contributed by atoms with Crippen molar-refractivity contribution in [3.63, 3.8) is 0 Å². The van der Waals surface area contributed by atoms with Gasteiger partial charge in [0, 0.05) is 13.1 Å². The van der Waals surface area contributed by atoms with Gasteiger partial charge in [-0.05, 0) is 28.8 Å². The van der Waals surface area contributed by atoms with Gasteiger partial charge in [-0.25, -0.2) is 4.39 Å². The molecule has 0 aliphatic heterocycles. The van der Waals surface area contributed by atoms with Gasteiger partial charge in [0.15, 0.2) is 11.6 Å². The Morgan fingerprint density at radius 1 is 1.05 bits per heavy atom. The molecule has 0 saturated carbocycles. The van der Waals surface area contributed by atoms with E-state index in [2.05, 4.69) is 10.1 Å². The number of halogens is 3. The second-order valence-electron chi connectivity index (χ2n) is 4.67. The van der Waals surface area contributed by atoms with E-state index in [4.69, 9.17) is 0 Å². The molecule has 0 bridgehead atoms. The number of hydrogen-bond donors (Lipinski definition) is 2. The van der Waals surface area contributed by atoms with Crippen molar-refractivity contribution < 1.29 is 23.0 Å². The Balaban J connectivity index is 1.93. The molecule has 2 aromatic rings. The lowest BCUT2D eigenvalue weighted by atomic mass is 10.1. The highest BCUT2D eigenvalue weighted by molar-refractivity contribution is 5.30. The number of hydrogen-bond acceptors (Lipinski definition) is 3. The predicted octanol–water partition coefficient (Wildman–Crippen LogP) is 3.21. The molecule has 0 aliphatic rings. The molecule has 2 N–H and O–H groups in total. The van der Waals surface area contributed by atoms with E-state index in [1.54, 1.807) is 0 Å². The Morgan fingerprint density at radius 2 is 1.77 bits per heavy atom. The van der Waals surface area contributed by atoms with E-state index in [0.717, 1.165) is 17.2 Å². The third kappa shape index (κ3) is 4.47. The van der Waals surface area contributed by atoms with Gasteiger partial charge in [-0.15, -0.1) is 0 Å². The lowest BCUT2D eigenvalue weighted by Gasteiger charge is -2.10. The van der Waals surface area contributed by atoms with E-state index in [-0.39, 0.29) is 6.61 Å². The molecule has 0 aromatic heterocycles. The molecule has 0 aliphatic carbocycles. The predicted molar refractivity (Wildman–Crippen MR) is 75.9 cm³/mol. The van der Waals surface area contributed by atoms with E-state index >= 15 is 0 Å². The van der Waals surface area contributed by atoms with Crippen molar-refractivity contribution in [2.24, 2.45) is 0 Å². The molecule has 2 aromatic carbocycles. The van der Waals surface area contributed by atoms with E-state index in [9.17, 15) is 18.3 Å². The molecule has 2 rings (SSSR count). The summed E-state index contributed by atoms with van der Waals surface area (Å²) in [4.78, 5) is 0. The Morgan fingerprint density at radius 3 is 2.41 bits per heavy atom. The molecule has 22 heavy (non-hydrogen) atoms. The standard InChI is InChI=1S/C16H16F3NO2/c17-14-7-11(5-6-15(14)22-16(18)19)8-20-9-12-3-1-2-4-13(12)10-21/h1-7,16,20-21H,8-10H2. The summed E-state index contributed by atoms with van der Waals surface area (Å²) < 4.78 is 41.7. The van der Waals surface area contributed by atoms with Gasteiger partial charge in [0.25, 0.3) is 0 Å². The largest absolute Gasteiger partial charge is 0.432 e. The Kier molecular flexibility index (Phi) is 5.80. The molecule has 3 nitrogen and oxygen atoms in total. The van der Waals surface area contributed by atoms with Crippen molar-refractivity contribution in [1.82, 2.24) is 5.32 Å². The van der Waals surface area contributed by atoms with Crippen LogP contribution in [-0.4, -0.2) is 11.7 Å². The maximum atomic E-state index is 13.6. The Hall–Kier alpha value is -2.05. The maximum absolute atomic E-state index is 13.6. The van der Waals surface area contributed by atoms with Gasteiger partial charge in [-0.2, -0.15) is 8.78 Å². The quantitative estimate of drug-likeness (QED) is 0.825. The molecule has 118 valence electrons. The molecular weight excluding hydrogens is 295 g/mol. The second kappa shape index (κ2) is 7.82. The summed E-state index contributed by atoms with van der Waals surface area (Å²) >= 11 is 0. The van der Waals surface area contributed by atoms with Crippen LogP contribution in [0.4, 0.5) is 13.2 Å². The normalized spacial score (nSPS) is 11.0. The minimum absolute atomic E-state index is 0.0495. The summed E-state index contributed by atoms with van der Waals surface area (Å²) in [5.74, 6) is -1.29. The van der Waals surface area contributed by atoms with Gasteiger partial charge in [0.1, 0.15) is 0 Å². The number of benzene rings is 2. The number of alkyl halides is 2. The number of ether oxygens (including phenoxy) is 1. The van der Waals surface area contributed by atoms with Crippen LogP contribution in [-0.2, 0) is 19.7 Å². The Labute approximate surface area is 126 Å². The number of nitrogens with one attached hydrogen (secondary N) is 1. The summed E-state index contributed by atoms with van der Waals surface area (Å²) in [6, 6.07) is 11.3. The van der Waals surface area contributed by atoms with Crippen LogP contribution in [0.1, 0.15) is 16.7 Å². The van der Waals surface area contributed by atoms with Gasteiger partial charge in [0.05, 0.1) is 6.61 Å². The molecule has 0 unspecified atom stereocenters. The third-order valence-electron chi connectivity index (χ3n) is 3.15. The van der Waals surface area contributed by atoms with Crippen molar-refractivity contribution in [2.75, 3.05) is 0 Å². The average Bonchev–Trinajstić information content (AvgIpc) is 2.50. The minimum atomic E-state index is -3.05. The summed E-state index contributed by atoms with van der Waals surface area (Å²) in [5.41, 5.74) is 2.38. The van der Waals surface area contributed by atoms with Crippen molar-refractivity contribution >= 4 is 0 Å². The van der Waals surface area contributed by atoms with E-state index in [1.165, 1.54) is 12.1 Å². The summed E-state index contributed by atoms with van der Waals surface area (Å²) in [6.45, 7) is -2.22. The van der Waals surface area contributed by atoms with Gasteiger partial charge in [-0.3, -0.25) is 0 Å². The van der Waals surface area contributed by atoms with Gasteiger partial charge in [0.2, 0.25) is 0 Å². The maximum Gasteiger partial charge on any atom is 0.387 e. The second-order valence-corrected chi connectivity index (χ2v) is 4.67. The van der Waals surface area contributed by atoms with Gasteiger partial charge < -0.3 is 15.2 Å². The fourth-order valence-electron chi connectivity index (χ4n) is 2.07. The third-order valence-corrected chi connectivity index (χ3v) is 3.15. The average molecular weight is 311 g/mol. The van der Waals surface area contributed by atoms with Crippen molar-refractivity contribution in [3.8, 4) is 5.75 Å². The van der Waals surface area contributed by atoms with Crippen LogP contribution in [0.25, 0.3) is 0 Å². The topological polar surface area (TPSA) is 41.5 Å². The SMILES string of the molecule is OCc1ccccc1CNCc1ccc(OC(F)F)c(F)c1. The molecule has 6 heteroatoms. The molecule has 0 radical (unpaired) electrons. The van der Waals surface area contributed by atoms with E-state index < -0.39 is 18.2 Å². The van der Waals surface area contributed by atoms with Crippen LogP contribution < -0.4 is 10.1 Å². The first-order valence-corrected chi connectivity index (χ1v) is 6.71. The smallest absolute Gasteiger partial charge is 0.387 e. The van der Waals surface area contributed by atoms with Crippen LogP contribution in [0, 0.1) is 5.82 Å². The molecule has 0 atom stereocenters. The molecule has 0 spiro atoms. The van der Waals surface area contributed by atoms with Gasteiger partial charge in [-0.1, -0.05) is 30.3 Å². The highest BCUT2D eigenvalue weighted by Gasteiger charge is 2.10. The first kappa shape index (κ1) is 16.3. The van der Waals surface area contributed by atoms with Crippen LogP contribution in [0.3, 0.4) is 0 Å². The minimum Gasteiger partial charge on any atom is -0.432 e. The van der Waals surface area contributed by atoms with E-state index in [0.29, 0.717) is 18.7 Å². The molecule has 0 heterocycles. The van der Waals surface area contributed by atoms with Gasteiger partial charge >= 0.3 is 6.61 Å². The highest BCUT2D eigenvalue weighted by atomic mass is 19.3. The summed E-state index contributed by atoms with van der Waals surface area (Å²) in [6.07, 6.45) is 0. The van der Waals surface area contributed by atoms with Crippen molar-refractivity contribution in [3.05, 3.63) is 65.0 Å². The first-order valence-electron chi connectivity index (χ1n) is 6.71. The fraction of sp³-hybridized carbons (Fsp3) is 0.250. The molecule has 0 saturated heterocycles. The van der Waals surface area contributed by atoms with Crippen LogP contribution in [0.2, 0.25) is 0 Å². The summed E-state index contributed by atoms with van der Waals surface area (Å²) in [5, 5.41) is 12.3. The van der Waals surface area contributed by atoms with Crippen molar-refractivity contribution in [1.29, 1.82) is 0 Å². The highest BCUT2D eigenvalue weighted by Crippen LogP contribution is 2.20. The molecule has 0 amide bonds. The number of rotatable bonds is 7.